The van der Waals surface area contributed by atoms with Crippen LogP contribution in [-0.4, -0.2) is 62.8 Å². The topological polar surface area (TPSA) is 44.8 Å². The number of piperazine rings is 1. The largest absolute Gasteiger partial charge is 0.378 e. The number of anilines is 1. The van der Waals surface area contributed by atoms with Crippen LogP contribution < -0.4 is 10.2 Å². The molecule has 3 rings (SSSR count). The first-order valence-corrected chi connectivity index (χ1v) is 7.72. The highest BCUT2D eigenvalue weighted by Crippen LogP contribution is 2.16. The normalized spacial score (nSPS) is 23.1. The molecule has 1 aromatic carbocycles. The van der Waals surface area contributed by atoms with E-state index < -0.39 is 0 Å². The lowest BCUT2D eigenvalue weighted by Crippen LogP contribution is -2.53. The molecule has 2 saturated heterocycles. The van der Waals surface area contributed by atoms with E-state index in [4.69, 9.17) is 4.74 Å². The van der Waals surface area contributed by atoms with Crippen molar-refractivity contribution in [3.63, 3.8) is 0 Å². The van der Waals surface area contributed by atoms with Gasteiger partial charge in [0.05, 0.1) is 13.2 Å². The minimum Gasteiger partial charge on any atom is -0.378 e. The Morgan fingerprint density at radius 2 is 1.95 bits per heavy atom. The maximum absolute atomic E-state index is 12.3. The average Bonchev–Trinajstić information content (AvgIpc) is 2.57. The second kappa shape index (κ2) is 6.91. The molecule has 5 heteroatoms. The SMILES string of the molecule is O=C(C[C@H]1CN(c2ccccc2)CCN1)N1CCOCC1. The van der Waals surface area contributed by atoms with E-state index in [9.17, 15) is 4.79 Å². The van der Waals surface area contributed by atoms with Crippen molar-refractivity contribution in [2.45, 2.75) is 12.5 Å². The molecule has 0 spiro atoms. The predicted octanol–water partition coefficient (Wildman–Crippen LogP) is 0.714. The molecular weight excluding hydrogens is 266 g/mol. The van der Waals surface area contributed by atoms with Gasteiger partial charge in [0.15, 0.2) is 0 Å². The number of nitrogens with one attached hydrogen (secondary N) is 1. The van der Waals surface area contributed by atoms with Crippen molar-refractivity contribution in [1.82, 2.24) is 10.2 Å². The van der Waals surface area contributed by atoms with E-state index in [0.29, 0.717) is 19.6 Å². The summed E-state index contributed by atoms with van der Waals surface area (Å²) in [4.78, 5) is 16.6. The molecule has 0 unspecified atom stereocenters. The van der Waals surface area contributed by atoms with E-state index in [1.54, 1.807) is 0 Å². The van der Waals surface area contributed by atoms with E-state index in [1.165, 1.54) is 5.69 Å². The molecule has 1 amide bonds. The fourth-order valence-electron chi connectivity index (χ4n) is 2.99. The van der Waals surface area contributed by atoms with Gasteiger partial charge in [0, 0.05) is 50.9 Å². The smallest absolute Gasteiger partial charge is 0.224 e. The van der Waals surface area contributed by atoms with E-state index in [2.05, 4.69) is 34.5 Å². The Morgan fingerprint density at radius 3 is 2.71 bits per heavy atom. The third-order valence-corrected chi connectivity index (χ3v) is 4.16. The molecule has 1 N–H and O–H groups in total. The van der Waals surface area contributed by atoms with Gasteiger partial charge in [-0.05, 0) is 12.1 Å². The second-order valence-electron chi connectivity index (χ2n) is 5.63. The summed E-state index contributed by atoms with van der Waals surface area (Å²) >= 11 is 0. The van der Waals surface area contributed by atoms with Gasteiger partial charge >= 0.3 is 0 Å². The van der Waals surface area contributed by atoms with Gasteiger partial charge in [-0.15, -0.1) is 0 Å². The Kier molecular flexibility index (Phi) is 4.72. The molecule has 1 atom stereocenters. The van der Waals surface area contributed by atoms with Crippen molar-refractivity contribution < 1.29 is 9.53 Å². The molecule has 0 bridgehead atoms. The van der Waals surface area contributed by atoms with Crippen molar-refractivity contribution in [3.05, 3.63) is 30.3 Å². The minimum absolute atomic E-state index is 0.231. The molecule has 21 heavy (non-hydrogen) atoms. The molecule has 5 nitrogen and oxygen atoms in total. The Bertz CT molecular complexity index is 460. The van der Waals surface area contributed by atoms with Crippen LogP contribution in [0.1, 0.15) is 6.42 Å². The number of hydrogen-bond acceptors (Lipinski definition) is 4. The molecule has 2 heterocycles. The maximum atomic E-state index is 12.3. The number of carbonyl (C=O) groups is 1. The van der Waals surface area contributed by atoms with Gasteiger partial charge < -0.3 is 19.9 Å². The van der Waals surface area contributed by atoms with Crippen LogP contribution >= 0.6 is 0 Å². The summed E-state index contributed by atoms with van der Waals surface area (Å²) in [6, 6.07) is 10.6. The number of rotatable bonds is 3. The molecule has 2 aliphatic rings. The highest BCUT2D eigenvalue weighted by Gasteiger charge is 2.25. The fourth-order valence-corrected chi connectivity index (χ4v) is 2.99. The van der Waals surface area contributed by atoms with E-state index >= 15 is 0 Å². The van der Waals surface area contributed by atoms with Crippen LogP contribution in [0.25, 0.3) is 0 Å². The molecular formula is C16H23N3O2. The zero-order chi connectivity index (χ0) is 14.5. The Morgan fingerprint density at radius 1 is 1.19 bits per heavy atom. The lowest BCUT2D eigenvalue weighted by Gasteiger charge is -2.36. The average molecular weight is 289 g/mol. The zero-order valence-electron chi connectivity index (χ0n) is 12.3. The van der Waals surface area contributed by atoms with Crippen molar-refractivity contribution in [2.24, 2.45) is 0 Å². The summed E-state index contributed by atoms with van der Waals surface area (Å²) < 4.78 is 5.30. The first-order chi connectivity index (χ1) is 10.3. The van der Waals surface area contributed by atoms with Crippen molar-refractivity contribution in [3.8, 4) is 0 Å². The molecule has 0 saturated carbocycles. The van der Waals surface area contributed by atoms with Gasteiger partial charge in [0.25, 0.3) is 0 Å². The van der Waals surface area contributed by atoms with Crippen molar-refractivity contribution >= 4 is 11.6 Å². The summed E-state index contributed by atoms with van der Waals surface area (Å²) in [5, 5.41) is 3.47. The lowest BCUT2D eigenvalue weighted by atomic mass is 10.1. The monoisotopic (exact) mass is 289 g/mol. The summed E-state index contributed by atoms with van der Waals surface area (Å²) in [5.41, 5.74) is 1.24. The standard InChI is InChI=1S/C16H23N3O2/c20-16(18-8-10-21-11-9-18)12-14-13-19(7-6-17-14)15-4-2-1-3-5-15/h1-5,14,17H,6-13H2/t14-/m0/s1. The Hall–Kier alpha value is -1.59. The molecule has 0 aromatic heterocycles. The first-order valence-electron chi connectivity index (χ1n) is 7.72. The zero-order valence-corrected chi connectivity index (χ0v) is 12.3. The van der Waals surface area contributed by atoms with Gasteiger partial charge in [0.1, 0.15) is 0 Å². The third-order valence-electron chi connectivity index (χ3n) is 4.16. The summed E-state index contributed by atoms with van der Waals surface area (Å²) in [6.45, 7) is 5.60. The maximum Gasteiger partial charge on any atom is 0.224 e. The minimum atomic E-state index is 0.231. The summed E-state index contributed by atoms with van der Waals surface area (Å²) in [7, 11) is 0. The fraction of sp³-hybridized carbons (Fsp3) is 0.562. The first kappa shape index (κ1) is 14.4. The van der Waals surface area contributed by atoms with Crippen LogP contribution in [-0.2, 0) is 9.53 Å². The van der Waals surface area contributed by atoms with E-state index in [1.807, 2.05) is 11.0 Å². The van der Waals surface area contributed by atoms with Crippen LogP contribution in [0, 0.1) is 0 Å². The van der Waals surface area contributed by atoms with E-state index in [-0.39, 0.29) is 11.9 Å². The Balaban J connectivity index is 1.55. The van der Waals surface area contributed by atoms with E-state index in [0.717, 1.165) is 32.7 Å². The van der Waals surface area contributed by atoms with Crippen LogP contribution in [0.4, 0.5) is 5.69 Å². The van der Waals surface area contributed by atoms with Crippen LogP contribution in [0.5, 0.6) is 0 Å². The van der Waals surface area contributed by atoms with Gasteiger partial charge in [-0.1, -0.05) is 18.2 Å². The molecule has 2 fully saturated rings. The predicted molar refractivity (Wildman–Crippen MR) is 82.5 cm³/mol. The number of amides is 1. The summed E-state index contributed by atoms with van der Waals surface area (Å²) in [6.07, 6.45) is 0.573. The number of carbonyl (C=O) groups excluding carboxylic acids is 1. The van der Waals surface area contributed by atoms with Crippen molar-refractivity contribution in [2.75, 3.05) is 50.8 Å². The van der Waals surface area contributed by atoms with Gasteiger partial charge in [-0.25, -0.2) is 0 Å². The van der Waals surface area contributed by atoms with Gasteiger partial charge in [0.2, 0.25) is 5.91 Å². The number of hydrogen-bond donors (Lipinski definition) is 1. The molecule has 1 aromatic rings. The van der Waals surface area contributed by atoms with Crippen LogP contribution in [0.15, 0.2) is 30.3 Å². The number of nitrogens with zero attached hydrogens (tertiary/aromatic N) is 2. The highest BCUT2D eigenvalue weighted by molar-refractivity contribution is 5.77. The molecule has 114 valence electrons. The highest BCUT2D eigenvalue weighted by atomic mass is 16.5. The number of para-hydroxylation sites is 1. The quantitative estimate of drug-likeness (QED) is 0.890. The van der Waals surface area contributed by atoms with Crippen LogP contribution in [0.2, 0.25) is 0 Å². The van der Waals surface area contributed by atoms with Crippen LogP contribution in [0.3, 0.4) is 0 Å². The van der Waals surface area contributed by atoms with Gasteiger partial charge in [-0.3, -0.25) is 4.79 Å². The molecule has 2 aliphatic heterocycles. The third kappa shape index (κ3) is 3.74. The Labute approximate surface area is 125 Å². The van der Waals surface area contributed by atoms with Gasteiger partial charge in [-0.2, -0.15) is 0 Å². The summed E-state index contributed by atoms with van der Waals surface area (Å²) in [5.74, 6) is 0.241. The number of ether oxygens (including phenoxy) is 1. The second-order valence-corrected chi connectivity index (χ2v) is 5.63. The van der Waals surface area contributed by atoms with Crippen molar-refractivity contribution in [1.29, 1.82) is 0 Å². The number of morpholine rings is 1. The lowest BCUT2D eigenvalue weighted by molar-refractivity contribution is -0.135. The molecule has 0 radical (unpaired) electrons. The number of benzene rings is 1. The molecule has 0 aliphatic carbocycles.